The van der Waals surface area contributed by atoms with Crippen LogP contribution in [0, 0.1) is 5.82 Å². The molecular weight excluding hydrogens is 245 g/mol. The van der Waals surface area contributed by atoms with Gasteiger partial charge < -0.3 is 10.5 Å². The molecule has 0 aliphatic heterocycles. The number of nitrogen functional groups attached to an aromatic ring is 1. The van der Waals surface area contributed by atoms with Crippen molar-refractivity contribution < 1.29 is 9.13 Å². The van der Waals surface area contributed by atoms with Gasteiger partial charge in [0.1, 0.15) is 6.33 Å². The lowest BCUT2D eigenvalue weighted by molar-refractivity contribution is 0.432. The van der Waals surface area contributed by atoms with Crippen LogP contribution in [0.4, 0.5) is 10.1 Å². The van der Waals surface area contributed by atoms with E-state index in [1.165, 1.54) is 18.5 Å². The number of hydrogen-bond donors (Lipinski definition) is 1. The molecule has 2 N–H and O–H groups in total. The monoisotopic (exact) mass is 255 g/mol. The van der Waals surface area contributed by atoms with E-state index in [4.69, 9.17) is 10.5 Å². The fourth-order valence-corrected chi connectivity index (χ4v) is 1.77. The first-order chi connectivity index (χ1) is 9.24. The van der Waals surface area contributed by atoms with Crippen molar-refractivity contribution in [3.8, 4) is 11.6 Å². The molecule has 0 aliphatic carbocycles. The van der Waals surface area contributed by atoms with Crippen molar-refractivity contribution in [2.24, 2.45) is 0 Å². The first-order valence-corrected chi connectivity index (χ1v) is 5.66. The third kappa shape index (κ3) is 2.18. The minimum absolute atomic E-state index is 0.0815. The van der Waals surface area contributed by atoms with E-state index in [1.54, 1.807) is 6.07 Å². The van der Waals surface area contributed by atoms with Gasteiger partial charge in [-0.2, -0.15) is 0 Å². The van der Waals surface area contributed by atoms with Gasteiger partial charge in [0.15, 0.2) is 11.6 Å². The van der Waals surface area contributed by atoms with Crippen LogP contribution in [-0.2, 0) is 0 Å². The molecular formula is C14H10FN3O. The van der Waals surface area contributed by atoms with E-state index in [-0.39, 0.29) is 5.75 Å². The summed E-state index contributed by atoms with van der Waals surface area (Å²) in [6.45, 7) is 0. The van der Waals surface area contributed by atoms with Crippen LogP contribution in [0.3, 0.4) is 0 Å². The normalized spacial score (nSPS) is 10.6. The number of rotatable bonds is 2. The number of fused-ring (bicyclic) bond motifs is 1. The molecule has 0 aliphatic rings. The number of para-hydroxylation sites is 1. The minimum Gasteiger partial charge on any atom is -0.435 e. The van der Waals surface area contributed by atoms with Crippen LogP contribution in [0.5, 0.6) is 11.6 Å². The Labute approximate surface area is 108 Å². The molecule has 94 valence electrons. The summed E-state index contributed by atoms with van der Waals surface area (Å²) in [6.07, 6.45) is 1.38. The average Bonchev–Trinajstić information content (AvgIpc) is 2.42. The quantitative estimate of drug-likeness (QED) is 0.714. The van der Waals surface area contributed by atoms with Crippen molar-refractivity contribution in [1.82, 2.24) is 9.97 Å². The topological polar surface area (TPSA) is 61.0 Å². The second-order valence-electron chi connectivity index (χ2n) is 3.99. The largest absolute Gasteiger partial charge is 0.435 e. The molecule has 0 atom stereocenters. The van der Waals surface area contributed by atoms with Crippen LogP contribution in [-0.4, -0.2) is 9.97 Å². The smallest absolute Gasteiger partial charge is 0.230 e. The maximum Gasteiger partial charge on any atom is 0.230 e. The molecule has 1 heterocycles. The molecule has 19 heavy (non-hydrogen) atoms. The molecule has 4 nitrogen and oxygen atoms in total. The van der Waals surface area contributed by atoms with Gasteiger partial charge in [0.05, 0.1) is 10.9 Å². The molecule has 1 aromatic heterocycles. The van der Waals surface area contributed by atoms with Gasteiger partial charge in [0.2, 0.25) is 5.88 Å². The Bertz CT molecular complexity index is 740. The Kier molecular flexibility index (Phi) is 2.72. The molecule has 0 unspecified atom stereocenters. The van der Waals surface area contributed by atoms with Gasteiger partial charge in [-0.15, -0.1) is 0 Å². The van der Waals surface area contributed by atoms with Crippen molar-refractivity contribution in [2.75, 3.05) is 5.73 Å². The molecule has 3 rings (SSSR count). The predicted octanol–water partition coefficient (Wildman–Crippen LogP) is 3.14. The van der Waals surface area contributed by atoms with E-state index in [2.05, 4.69) is 9.97 Å². The van der Waals surface area contributed by atoms with Crippen LogP contribution in [0.25, 0.3) is 10.9 Å². The second-order valence-corrected chi connectivity index (χ2v) is 3.99. The molecule has 0 fully saturated rings. The van der Waals surface area contributed by atoms with Crippen molar-refractivity contribution in [3.63, 3.8) is 0 Å². The summed E-state index contributed by atoms with van der Waals surface area (Å²) < 4.78 is 19.2. The Morgan fingerprint density at radius 1 is 1.05 bits per heavy atom. The van der Waals surface area contributed by atoms with Gasteiger partial charge in [0.25, 0.3) is 0 Å². The second kappa shape index (κ2) is 4.53. The number of hydrogen-bond acceptors (Lipinski definition) is 4. The van der Waals surface area contributed by atoms with Crippen LogP contribution in [0.15, 0.2) is 48.8 Å². The average molecular weight is 255 g/mol. The summed E-state index contributed by atoms with van der Waals surface area (Å²) in [5, 5.41) is 0.723. The van der Waals surface area contributed by atoms with Crippen LogP contribution in [0.1, 0.15) is 0 Å². The summed E-state index contributed by atoms with van der Waals surface area (Å²) in [4.78, 5) is 8.15. The molecule has 0 saturated carbocycles. The summed E-state index contributed by atoms with van der Waals surface area (Å²) in [5.74, 6) is -0.130. The summed E-state index contributed by atoms with van der Waals surface area (Å²) in [5.41, 5.74) is 6.57. The van der Waals surface area contributed by atoms with Gasteiger partial charge in [0, 0.05) is 11.8 Å². The zero-order valence-corrected chi connectivity index (χ0v) is 9.88. The minimum atomic E-state index is -0.525. The van der Waals surface area contributed by atoms with E-state index in [0.29, 0.717) is 11.6 Å². The number of anilines is 1. The standard InChI is InChI=1S/C14H10FN3O/c15-11-7-9(16)5-6-13(11)19-14-10-3-1-2-4-12(10)17-8-18-14/h1-8H,16H2. The molecule has 0 saturated heterocycles. The maximum absolute atomic E-state index is 13.7. The zero-order valence-electron chi connectivity index (χ0n) is 9.88. The highest BCUT2D eigenvalue weighted by atomic mass is 19.1. The van der Waals surface area contributed by atoms with E-state index >= 15 is 0 Å². The molecule has 0 radical (unpaired) electrons. The van der Waals surface area contributed by atoms with Gasteiger partial charge >= 0.3 is 0 Å². The van der Waals surface area contributed by atoms with Gasteiger partial charge in [-0.1, -0.05) is 12.1 Å². The number of aromatic nitrogens is 2. The Morgan fingerprint density at radius 2 is 1.89 bits per heavy atom. The van der Waals surface area contributed by atoms with Crippen LogP contribution < -0.4 is 10.5 Å². The molecule has 0 spiro atoms. The third-order valence-electron chi connectivity index (χ3n) is 2.67. The number of benzene rings is 2. The Balaban J connectivity index is 2.06. The number of nitrogens with two attached hydrogens (primary N) is 1. The van der Waals surface area contributed by atoms with Gasteiger partial charge in [-0.05, 0) is 24.3 Å². The zero-order chi connectivity index (χ0) is 13.2. The summed E-state index contributed by atoms with van der Waals surface area (Å²) >= 11 is 0. The highest BCUT2D eigenvalue weighted by Crippen LogP contribution is 2.28. The van der Waals surface area contributed by atoms with Gasteiger partial charge in [-0.3, -0.25) is 0 Å². The van der Waals surface area contributed by atoms with E-state index in [0.717, 1.165) is 10.9 Å². The van der Waals surface area contributed by atoms with Crippen molar-refractivity contribution in [2.45, 2.75) is 0 Å². The van der Waals surface area contributed by atoms with Crippen LogP contribution in [0.2, 0.25) is 0 Å². The van der Waals surface area contributed by atoms with E-state index < -0.39 is 5.82 Å². The Morgan fingerprint density at radius 3 is 2.74 bits per heavy atom. The van der Waals surface area contributed by atoms with Gasteiger partial charge in [-0.25, -0.2) is 14.4 Å². The number of nitrogens with zero attached hydrogens (tertiary/aromatic N) is 2. The van der Waals surface area contributed by atoms with Crippen molar-refractivity contribution >= 4 is 16.6 Å². The van der Waals surface area contributed by atoms with E-state index in [1.807, 2.05) is 24.3 Å². The van der Waals surface area contributed by atoms with Crippen molar-refractivity contribution in [3.05, 3.63) is 54.6 Å². The first-order valence-electron chi connectivity index (χ1n) is 5.66. The number of halogens is 1. The van der Waals surface area contributed by atoms with Crippen LogP contribution >= 0.6 is 0 Å². The fraction of sp³-hybridized carbons (Fsp3) is 0. The van der Waals surface area contributed by atoms with Crippen molar-refractivity contribution in [1.29, 1.82) is 0 Å². The number of ether oxygens (including phenoxy) is 1. The molecule has 0 amide bonds. The maximum atomic E-state index is 13.7. The lowest BCUT2D eigenvalue weighted by Gasteiger charge is -2.08. The summed E-state index contributed by atoms with van der Waals surface area (Å²) in [6, 6.07) is 11.6. The highest BCUT2D eigenvalue weighted by molar-refractivity contribution is 5.83. The molecule has 0 bridgehead atoms. The highest BCUT2D eigenvalue weighted by Gasteiger charge is 2.09. The third-order valence-corrected chi connectivity index (χ3v) is 2.67. The van der Waals surface area contributed by atoms with E-state index in [9.17, 15) is 4.39 Å². The molecule has 3 aromatic rings. The lowest BCUT2D eigenvalue weighted by atomic mass is 10.2. The molecule has 2 aromatic carbocycles. The Hall–Kier alpha value is -2.69. The molecule has 5 heteroatoms. The first kappa shape index (κ1) is 11.4. The predicted molar refractivity (Wildman–Crippen MR) is 70.4 cm³/mol. The fourth-order valence-electron chi connectivity index (χ4n) is 1.77. The lowest BCUT2D eigenvalue weighted by Crippen LogP contribution is -1.94. The summed E-state index contributed by atoms with van der Waals surface area (Å²) in [7, 11) is 0. The SMILES string of the molecule is Nc1ccc(Oc2ncnc3ccccc23)c(F)c1.